The lowest BCUT2D eigenvalue weighted by Gasteiger charge is -2.23. The number of carboxylic acid groups (broad SMARTS) is 1. The first-order chi connectivity index (χ1) is 8.00. The fraction of sp³-hybridized carbons (Fsp3) is 0.818. The molecule has 0 aromatic carbocycles. The van der Waals surface area contributed by atoms with Crippen molar-refractivity contribution < 1.29 is 28.2 Å². The van der Waals surface area contributed by atoms with Gasteiger partial charge in [-0.15, -0.1) is 0 Å². The summed E-state index contributed by atoms with van der Waals surface area (Å²) in [5, 5.41) is 11.0. The molecule has 104 valence electrons. The van der Waals surface area contributed by atoms with Gasteiger partial charge in [0, 0.05) is 12.8 Å². The van der Waals surface area contributed by atoms with E-state index in [-0.39, 0.29) is 0 Å². The average Bonchev–Trinajstić information content (AvgIpc) is 2.37. The fourth-order valence-corrected chi connectivity index (χ4v) is 1.88. The molecule has 0 aromatic rings. The Morgan fingerprint density at radius 1 is 1.33 bits per heavy atom. The monoisotopic (exact) mass is 265 g/mol. The summed E-state index contributed by atoms with van der Waals surface area (Å²) < 4.78 is 31.2. The van der Waals surface area contributed by atoms with Crippen LogP contribution in [0.4, 0.5) is 13.6 Å². The smallest absolute Gasteiger partial charge is 0.407 e. The zero-order valence-electron chi connectivity index (χ0n) is 10.5. The Hall–Kier alpha value is -1.40. The molecule has 2 N–H and O–H groups in total. The predicted octanol–water partition coefficient (Wildman–Crippen LogP) is 2.01. The van der Waals surface area contributed by atoms with Crippen molar-refractivity contribution in [2.24, 2.45) is 5.92 Å². The number of alkyl carbamates (subject to hydrolysis) is 1. The number of aliphatic carboxylic acids is 1. The van der Waals surface area contributed by atoms with Gasteiger partial charge in [0.15, 0.2) is 0 Å². The number of ether oxygens (including phenoxy) is 1. The molecule has 7 heteroatoms. The van der Waals surface area contributed by atoms with Crippen molar-refractivity contribution in [3.63, 3.8) is 0 Å². The van der Waals surface area contributed by atoms with Crippen LogP contribution in [0.25, 0.3) is 0 Å². The molecule has 0 bridgehead atoms. The minimum absolute atomic E-state index is 0.677. The predicted molar refractivity (Wildman–Crippen MR) is 58.5 cm³/mol. The lowest BCUT2D eigenvalue weighted by molar-refractivity contribution is -0.143. The number of halogens is 2. The molecule has 0 aliphatic heterocycles. The van der Waals surface area contributed by atoms with E-state index in [0.717, 1.165) is 0 Å². The zero-order chi connectivity index (χ0) is 14.1. The van der Waals surface area contributed by atoms with Crippen molar-refractivity contribution in [1.82, 2.24) is 5.32 Å². The van der Waals surface area contributed by atoms with Crippen molar-refractivity contribution in [2.75, 3.05) is 0 Å². The Labute approximate surface area is 103 Å². The lowest BCUT2D eigenvalue weighted by Crippen LogP contribution is -2.43. The summed E-state index contributed by atoms with van der Waals surface area (Å²) in [5.41, 5.74) is -0.760. The Bertz CT molecular complexity index is 351. The average molecular weight is 265 g/mol. The summed E-state index contributed by atoms with van der Waals surface area (Å²) in [4.78, 5) is 22.3. The molecule has 0 radical (unpaired) electrons. The molecule has 0 heterocycles. The number of hydrogen-bond acceptors (Lipinski definition) is 3. The van der Waals surface area contributed by atoms with E-state index in [2.05, 4.69) is 5.32 Å². The third kappa shape index (κ3) is 4.12. The molecule has 1 aliphatic carbocycles. The van der Waals surface area contributed by atoms with Crippen molar-refractivity contribution >= 4 is 12.1 Å². The van der Waals surface area contributed by atoms with Crippen LogP contribution in [0.5, 0.6) is 0 Å². The van der Waals surface area contributed by atoms with E-state index < -0.39 is 48.4 Å². The second-order valence-electron chi connectivity index (χ2n) is 5.46. The van der Waals surface area contributed by atoms with Gasteiger partial charge in [-0.3, -0.25) is 4.79 Å². The Morgan fingerprint density at radius 2 is 1.89 bits per heavy atom. The van der Waals surface area contributed by atoms with Gasteiger partial charge in [-0.05, 0) is 20.8 Å². The van der Waals surface area contributed by atoms with Crippen LogP contribution >= 0.6 is 0 Å². The molecule has 2 atom stereocenters. The third-order valence-electron chi connectivity index (χ3n) is 2.54. The van der Waals surface area contributed by atoms with E-state index in [1.807, 2.05) is 0 Å². The SMILES string of the molecule is CC(C)(C)OC(=O)N[C@H]1CC(F)(F)C[C@@H]1C(=O)O. The lowest BCUT2D eigenvalue weighted by atomic mass is 10.0. The first-order valence-corrected chi connectivity index (χ1v) is 5.60. The number of amides is 1. The molecule has 0 aromatic heterocycles. The topological polar surface area (TPSA) is 75.6 Å². The molecule has 1 saturated carbocycles. The van der Waals surface area contributed by atoms with Crippen LogP contribution in [-0.4, -0.2) is 34.7 Å². The molecule has 1 amide bonds. The van der Waals surface area contributed by atoms with Gasteiger partial charge in [0.1, 0.15) is 5.60 Å². The van der Waals surface area contributed by atoms with Crippen molar-refractivity contribution in [2.45, 2.75) is 51.2 Å². The van der Waals surface area contributed by atoms with Crippen LogP contribution in [0.1, 0.15) is 33.6 Å². The summed E-state index contributed by atoms with van der Waals surface area (Å²) in [6, 6.07) is -1.10. The highest BCUT2D eigenvalue weighted by atomic mass is 19.3. The van der Waals surface area contributed by atoms with Crippen LogP contribution in [0.3, 0.4) is 0 Å². The first kappa shape index (κ1) is 14.7. The second-order valence-corrected chi connectivity index (χ2v) is 5.46. The van der Waals surface area contributed by atoms with Gasteiger partial charge in [0.05, 0.1) is 12.0 Å². The second kappa shape index (κ2) is 4.70. The molecule has 0 unspecified atom stereocenters. The Balaban J connectivity index is 2.65. The summed E-state index contributed by atoms with van der Waals surface area (Å²) in [6.45, 7) is 4.89. The normalized spacial score (nSPS) is 26.7. The molecule has 1 aliphatic rings. The van der Waals surface area contributed by atoms with E-state index in [9.17, 15) is 18.4 Å². The quantitative estimate of drug-likeness (QED) is 0.800. The number of carbonyl (C=O) groups is 2. The fourth-order valence-electron chi connectivity index (χ4n) is 1.88. The summed E-state index contributed by atoms with van der Waals surface area (Å²) in [5.74, 6) is -5.69. The van der Waals surface area contributed by atoms with Gasteiger partial charge in [-0.1, -0.05) is 0 Å². The molecule has 0 spiro atoms. The zero-order valence-corrected chi connectivity index (χ0v) is 10.5. The van der Waals surface area contributed by atoms with E-state index in [1.165, 1.54) is 0 Å². The number of alkyl halides is 2. The van der Waals surface area contributed by atoms with Gasteiger partial charge in [-0.2, -0.15) is 0 Å². The van der Waals surface area contributed by atoms with Crippen LogP contribution in [0.15, 0.2) is 0 Å². The van der Waals surface area contributed by atoms with Crippen LogP contribution in [0, 0.1) is 5.92 Å². The van der Waals surface area contributed by atoms with Crippen LogP contribution in [0.2, 0.25) is 0 Å². The molecule has 5 nitrogen and oxygen atoms in total. The molecule has 18 heavy (non-hydrogen) atoms. The minimum Gasteiger partial charge on any atom is -0.481 e. The summed E-state index contributed by atoms with van der Waals surface area (Å²) >= 11 is 0. The number of carbonyl (C=O) groups excluding carboxylic acids is 1. The van der Waals surface area contributed by atoms with Gasteiger partial charge < -0.3 is 15.2 Å². The van der Waals surface area contributed by atoms with Gasteiger partial charge in [0.25, 0.3) is 5.92 Å². The van der Waals surface area contributed by atoms with E-state index in [4.69, 9.17) is 9.84 Å². The van der Waals surface area contributed by atoms with E-state index in [0.29, 0.717) is 0 Å². The van der Waals surface area contributed by atoms with Gasteiger partial charge >= 0.3 is 12.1 Å². The van der Waals surface area contributed by atoms with E-state index >= 15 is 0 Å². The van der Waals surface area contributed by atoms with Crippen molar-refractivity contribution in [3.8, 4) is 0 Å². The summed E-state index contributed by atoms with van der Waals surface area (Å²) in [7, 11) is 0. The highest BCUT2D eigenvalue weighted by Crippen LogP contribution is 2.39. The van der Waals surface area contributed by atoms with Gasteiger partial charge in [0.2, 0.25) is 0 Å². The largest absolute Gasteiger partial charge is 0.481 e. The number of hydrogen-bond donors (Lipinski definition) is 2. The Morgan fingerprint density at radius 3 is 2.33 bits per heavy atom. The Kier molecular flexibility index (Phi) is 3.83. The highest BCUT2D eigenvalue weighted by molar-refractivity contribution is 5.74. The standard InChI is InChI=1S/C11H17F2NO4/c1-10(2,3)18-9(17)14-7-5-11(12,13)4-6(7)8(15)16/h6-7H,4-5H2,1-3H3,(H,14,17)(H,15,16)/t6-,7-/m0/s1. The summed E-state index contributed by atoms with van der Waals surface area (Å²) in [6.07, 6.45) is -2.32. The molecule has 1 fully saturated rings. The van der Waals surface area contributed by atoms with Crippen LogP contribution < -0.4 is 5.32 Å². The van der Waals surface area contributed by atoms with Gasteiger partial charge in [-0.25, -0.2) is 13.6 Å². The molecule has 1 rings (SSSR count). The molecule has 0 saturated heterocycles. The molecular formula is C11H17F2NO4. The minimum atomic E-state index is -3.07. The number of rotatable bonds is 2. The maximum Gasteiger partial charge on any atom is 0.407 e. The first-order valence-electron chi connectivity index (χ1n) is 5.60. The van der Waals surface area contributed by atoms with Crippen molar-refractivity contribution in [3.05, 3.63) is 0 Å². The maximum atomic E-state index is 13.1. The number of carboxylic acids is 1. The number of nitrogens with one attached hydrogen (secondary N) is 1. The molecular weight excluding hydrogens is 248 g/mol. The van der Waals surface area contributed by atoms with E-state index in [1.54, 1.807) is 20.8 Å². The van der Waals surface area contributed by atoms with Crippen molar-refractivity contribution in [1.29, 1.82) is 0 Å². The third-order valence-corrected chi connectivity index (χ3v) is 2.54. The highest BCUT2D eigenvalue weighted by Gasteiger charge is 2.50. The van der Waals surface area contributed by atoms with Crippen LogP contribution in [-0.2, 0) is 9.53 Å². The maximum absolute atomic E-state index is 13.1.